The van der Waals surface area contributed by atoms with Gasteiger partial charge in [-0.25, -0.2) is 4.79 Å². The number of fused-ring (bicyclic) bond motifs is 1. The molecule has 0 N–H and O–H groups in total. The number of carbonyl (C=O) groups is 1. The summed E-state index contributed by atoms with van der Waals surface area (Å²) in [6, 6.07) is 15.9. The van der Waals surface area contributed by atoms with Crippen molar-refractivity contribution in [3.8, 4) is 0 Å². The molecule has 3 aromatic rings. The summed E-state index contributed by atoms with van der Waals surface area (Å²) in [5.74, 6) is -0.0791. The Kier molecular flexibility index (Phi) is 4.32. The van der Waals surface area contributed by atoms with Crippen LogP contribution >= 0.6 is 23.4 Å². The largest absolute Gasteiger partial charge is 0.422 e. The van der Waals surface area contributed by atoms with E-state index in [-0.39, 0.29) is 17.1 Å². The third-order valence-electron chi connectivity index (χ3n) is 3.13. The Morgan fingerprint density at radius 3 is 2.59 bits per heavy atom. The third kappa shape index (κ3) is 3.24. The summed E-state index contributed by atoms with van der Waals surface area (Å²) < 4.78 is 5.18. The van der Waals surface area contributed by atoms with E-state index in [1.54, 1.807) is 36.4 Å². The van der Waals surface area contributed by atoms with Crippen molar-refractivity contribution >= 4 is 40.1 Å². The van der Waals surface area contributed by atoms with Crippen molar-refractivity contribution in [1.29, 1.82) is 0 Å². The Bertz CT molecular complexity index is 884. The number of ketones is 1. The molecule has 0 aliphatic carbocycles. The predicted octanol–water partition coefficient (Wildman–Crippen LogP) is 4.42. The van der Waals surface area contributed by atoms with Gasteiger partial charge in [0, 0.05) is 15.3 Å². The number of halogens is 1. The maximum atomic E-state index is 12.2. The number of hydrogen-bond acceptors (Lipinski definition) is 4. The molecule has 5 heteroatoms. The second kappa shape index (κ2) is 6.38. The third-order valence-corrected chi connectivity index (χ3v) is 4.39. The molecule has 22 heavy (non-hydrogen) atoms. The van der Waals surface area contributed by atoms with Crippen LogP contribution in [0.3, 0.4) is 0 Å². The normalized spacial score (nSPS) is 10.8. The van der Waals surface area contributed by atoms with Crippen molar-refractivity contribution < 1.29 is 9.21 Å². The average molecular weight is 331 g/mol. The zero-order valence-corrected chi connectivity index (χ0v) is 13.0. The van der Waals surface area contributed by atoms with Crippen molar-refractivity contribution in [2.45, 2.75) is 4.90 Å². The molecular weight excluding hydrogens is 320 g/mol. The Balaban J connectivity index is 1.81. The molecule has 0 saturated heterocycles. The minimum Gasteiger partial charge on any atom is -0.422 e. The van der Waals surface area contributed by atoms with E-state index in [4.69, 9.17) is 16.0 Å². The molecule has 2 aromatic carbocycles. The van der Waals surface area contributed by atoms with Gasteiger partial charge in [-0.05, 0) is 36.4 Å². The maximum absolute atomic E-state index is 12.2. The second-order valence-electron chi connectivity index (χ2n) is 4.65. The standard InChI is InChI=1S/C17H11ClO3S/c18-12-5-7-13(8-6-12)22-10-15(19)14-9-11-3-1-2-4-16(11)21-17(14)20/h1-9H,10H2. The average Bonchev–Trinajstić information content (AvgIpc) is 2.53. The van der Waals surface area contributed by atoms with E-state index in [0.717, 1.165) is 10.3 Å². The monoisotopic (exact) mass is 330 g/mol. The van der Waals surface area contributed by atoms with Crippen molar-refractivity contribution in [3.05, 3.63) is 75.6 Å². The van der Waals surface area contributed by atoms with Crippen LogP contribution in [0.2, 0.25) is 5.02 Å². The second-order valence-corrected chi connectivity index (χ2v) is 6.14. The lowest BCUT2D eigenvalue weighted by atomic mass is 10.1. The van der Waals surface area contributed by atoms with E-state index in [2.05, 4.69) is 0 Å². The van der Waals surface area contributed by atoms with Crippen molar-refractivity contribution in [2.75, 3.05) is 5.75 Å². The first-order valence-electron chi connectivity index (χ1n) is 6.58. The lowest BCUT2D eigenvalue weighted by molar-refractivity contribution is 0.101. The van der Waals surface area contributed by atoms with E-state index in [0.29, 0.717) is 10.6 Å². The summed E-state index contributed by atoms with van der Waals surface area (Å²) in [6.45, 7) is 0. The van der Waals surface area contributed by atoms with E-state index < -0.39 is 5.63 Å². The number of rotatable bonds is 4. The molecule has 0 saturated carbocycles. The fourth-order valence-electron chi connectivity index (χ4n) is 2.01. The first-order chi connectivity index (χ1) is 10.6. The van der Waals surface area contributed by atoms with Gasteiger partial charge in [-0.1, -0.05) is 29.8 Å². The number of benzene rings is 2. The molecule has 3 nitrogen and oxygen atoms in total. The minimum atomic E-state index is -0.597. The molecule has 0 amide bonds. The van der Waals surface area contributed by atoms with E-state index in [9.17, 15) is 9.59 Å². The highest BCUT2D eigenvalue weighted by Gasteiger charge is 2.14. The number of carbonyl (C=O) groups excluding carboxylic acids is 1. The lowest BCUT2D eigenvalue weighted by Crippen LogP contribution is -2.15. The number of Topliss-reactive ketones (excluding diaryl/α,β-unsaturated/α-hetero) is 1. The molecule has 0 radical (unpaired) electrons. The van der Waals surface area contributed by atoms with Gasteiger partial charge in [0.05, 0.1) is 5.75 Å². The first-order valence-corrected chi connectivity index (χ1v) is 7.94. The maximum Gasteiger partial charge on any atom is 0.347 e. The van der Waals surface area contributed by atoms with Gasteiger partial charge in [0.2, 0.25) is 0 Å². The zero-order chi connectivity index (χ0) is 15.5. The molecule has 0 spiro atoms. The van der Waals surface area contributed by atoms with E-state index in [1.165, 1.54) is 11.8 Å². The van der Waals surface area contributed by atoms with E-state index >= 15 is 0 Å². The van der Waals surface area contributed by atoms with Gasteiger partial charge in [-0.3, -0.25) is 4.79 Å². The van der Waals surface area contributed by atoms with Gasteiger partial charge in [0.25, 0.3) is 0 Å². The summed E-state index contributed by atoms with van der Waals surface area (Å²) in [4.78, 5) is 25.1. The molecule has 0 aliphatic rings. The molecule has 0 aliphatic heterocycles. The molecule has 0 unspecified atom stereocenters. The van der Waals surface area contributed by atoms with Crippen LogP contribution in [-0.2, 0) is 0 Å². The van der Waals surface area contributed by atoms with Crippen LogP contribution in [-0.4, -0.2) is 11.5 Å². The van der Waals surface area contributed by atoms with Gasteiger partial charge < -0.3 is 4.42 Å². The Morgan fingerprint density at radius 1 is 1.09 bits per heavy atom. The Hall–Kier alpha value is -2.04. The summed E-state index contributed by atoms with van der Waals surface area (Å²) in [5, 5.41) is 1.38. The SMILES string of the molecule is O=C(CSc1ccc(Cl)cc1)c1cc2ccccc2oc1=O. The van der Waals surface area contributed by atoms with Crippen molar-refractivity contribution in [3.63, 3.8) is 0 Å². The first kappa shape index (κ1) is 14.9. The summed E-state index contributed by atoms with van der Waals surface area (Å²) >= 11 is 7.17. The molecule has 0 atom stereocenters. The van der Waals surface area contributed by atoms with Crippen LogP contribution in [0.15, 0.2) is 68.7 Å². The van der Waals surface area contributed by atoms with Crippen LogP contribution in [0, 0.1) is 0 Å². The highest BCUT2D eigenvalue weighted by Crippen LogP contribution is 2.21. The molecule has 0 fully saturated rings. The van der Waals surface area contributed by atoms with Crippen molar-refractivity contribution in [1.82, 2.24) is 0 Å². The molecule has 1 aromatic heterocycles. The van der Waals surface area contributed by atoms with Gasteiger partial charge in [-0.2, -0.15) is 0 Å². The summed E-state index contributed by atoms with van der Waals surface area (Å²) in [5.41, 5.74) is -0.0324. The smallest absolute Gasteiger partial charge is 0.347 e. The highest BCUT2D eigenvalue weighted by molar-refractivity contribution is 8.00. The topological polar surface area (TPSA) is 47.3 Å². The predicted molar refractivity (Wildman–Crippen MR) is 89.0 cm³/mol. The van der Waals surface area contributed by atoms with Crippen LogP contribution in [0.4, 0.5) is 0 Å². The van der Waals surface area contributed by atoms with Gasteiger partial charge >= 0.3 is 5.63 Å². The van der Waals surface area contributed by atoms with Crippen LogP contribution in [0.1, 0.15) is 10.4 Å². The van der Waals surface area contributed by atoms with Gasteiger partial charge in [0.15, 0.2) is 5.78 Å². The minimum absolute atomic E-state index is 0.0835. The van der Waals surface area contributed by atoms with E-state index in [1.807, 2.05) is 18.2 Å². The molecular formula is C17H11ClO3S. The molecule has 3 rings (SSSR count). The summed E-state index contributed by atoms with van der Waals surface area (Å²) in [6.07, 6.45) is 0. The quantitative estimate of drug-likeness (QED) is 0.403. The van der Waals surface area contributed by atoms with Crippen LogP contribution < -0.4 is 5.63 Å². The fraction of sp³-hybridized carbons (Fsp3) is 0.0588. The molecule has 0 bridgehead atoms. The lowest BCUT2D eigenvalue weighted by Gasteiger charge is -2.02. The molecule has 110 valence electrons. The zero-order valence-electron chi connectivity index (χ0n) is 11.4. The highest BCUT2D eigenvalue weighted by atomic mass is 35.5. The van der Waals surface area contributed by atoms with Crippen LogP contribution in [0.25, 0.3) is 11.0 Å². The molecule has 1 heterocycles. The van der Waals surface area contributed by atoms with Crippen LogP contribution in [0.5, 0.6) is 0 Å². The Morgan fingerprint density at radius 2 is 1.82 bits per heavy atom. The number of para-hydroxylation sites is 1. The number of hydrogen-bond donors (Lipinski definition) is 0. The fourth-order valence-corrected chi connectivity index (χ4v) is 2.92. The Labute approximate surface area is 135 Å². The van der Waals surface area contributed by atoms with Gasteiger partial charge in [0.1, 0.15) is 11.1 Å². The number of thioether (sulfide) groups is 1. The summed E-state index contributed by atoms with van der Waals surface area (Å²) in [7, 11) is 0. The van der Waals surface area contributed by atoms with Gasteiger partial charge in [-0.15, -0.1) is 11.8 Å². The van der Waals surface area contributed by atoms with Crippen molar-refractivity contribution in [2.24, 2.45) is 0 Å².